The fraction of sp³-hybridized carbons (Fsp3) is 0.800. The van der Waals surface area contributed by atoms with E-state index < -0.39 is 0 Å². The first kappa shape index (κ1) is 19.1. The van der Waals surface area contributed by atoms with E-state index in [9.17, 15) is 5.11 Å². The van der Waals surface area contributed by atoms with E-state index in [4.69, 9.17) is 4.74 Å². The zero-order chi connectivity index (χ0) is 18.5. The van der Waals surface area contributed by atoms with Crippen molar-refractivity contribution in [2.45, 2.75) is 63.3 Å². The van der Waals surface area contributed by atoms with Gasteiger partial charge in [-0.3, -0.25) is 4.90 Å². The molecule has 0 aliphatic carbocycles. The quantitative estimate of drug-likeness (QED) is 0.780. The molecule has 7 nitrogen and oxygen atoms in total. The average Bonchev–Trinajstić information content (AvgIpc) is 3.22. The number of anilines is 1. The van der Waals surface area contributed by atoms with Crippen molar-refractivity contribution in [3.8, 4) is 0 Å². The van der Waals surface area contributed by atoms with Crippen LogP contribution in [0.1, 0.15) is 44.1 Å². The number of hydrogen-bond donors (Lipinski definition) is 2. The van der Waals surface area contributed by atoms with E-state index >= 15 is 0 Å². The van der Waals surface area contributed by atoms with Crippen molar-refractivity contribution in [1.82, 2.24) is 19.8 Å². The monoisotopic (exact) mass is 375 g/mol. The number of likely N-dealkylation sites (tertiary alicyclic amines) is 2. The minimum Gasteiger partial charge on any atom is -0.393 e. The number of aliphatic hydroxyl groups is 1. The summed E-state index contributed by atoms with van der Waals surface area (Å²) in [6, 6.07) is 0.689. The van der Waals surface area contributed by atoms with Gasteiger partial charge in [-0.25, -0.2) is 9.97 Å². The minimum atomic E-state index is -0.0792. The summed E-state index contributed by atoms with van der Waals surface area (Å²) in [6.45, 7) is 6.96. The van der Waals surface area contributed by atoms with Crippen molar-refractivity contribution in [2.24, 2.45) is 0 Å². The highest BCUT2D eigenvalue weighted by atomic mass is 16.5. The highest BCUT2D eigenvalue weighted by molar-refractivity contribution is 5.25. The number of aromatic nitrogens is 2. The van der Waals surface area contributed by atoms with Gasteiger partial charge in [-0.05, 0) is 51.6 Å². The number of hydrogen-bond acceptors (Lipinski definition) is 7. The lowest BCUT2D eigenvalue weighted by Gasteiger charge is -2.41. The second-order valence-electron chi connectivity index (χ2n) is 8.21. The molecule has 0 amide bonds. The Bertz CT molecular complexity index is 562. The zero-order valence-electron chi connectivity index (χ0n) is 16.2. The smallest absolute Gasteiger partial charge is 0.222 e. The maximum absolute atomic E-state index is 9.68. The van der Waals surface area contributed by atoms with Crippen LogP contribution in [-0.4, -0.2) is 82.5 Å². The van der Waals surface area contributed by atoms with Gasteiger partial charge in [0.15, 0.2) is 0 Å². The molecule has 7 heteroatoms. The van der Waals surface area contributed by atoms with Crippen LogP contribution in [0.25, 0.3) is 0 Å². The third-order valence-corrected chi connectivity index (χ3v) is 6.20. The highest BCUT2D eigenvalue weighted by Crippen LogP contribution is 2.22. The van der Waals surface area contributed by atoms with Crippen LogP contribution in [0.2, 0.25) is 0 Å². The molecule has 1 aromatic rings. The third-order valence-electron chi connectivity index (χ3n) is 6.20. The van der Waals surface area contributed by atoms with Gasteiger partial charge in [-0.2, -0.15) is 0 Å². The lowest BCUT2D eigenvalue weighted by molar-refractivity contribution is 0.0375. The van der Waals surface area contributed by atoms with Gasteiger partial charge in [0, 0.05) is 56.8 Å². The van der Waals surface area contributed by atoms with Crippen molar-refractivity contribution in [3.63, 3.8) is 0 Å². The first-order chi connectivity index (χ1) is 13.3. The number of rotatable bonds is 6. The summed E-state index contributed by atoms with van der Waals surface area (Å²) in [5.74, 6) is 0.695. The molecule has 0 spiro atoms. The molecule has 2 N–H and O–H groups in total. The standard InChI is InChI=1S/C20H33N5O2/c26-18-5-9-25(10-6-18)17-3-7-24(8-4-17)15-16-12-21-20(22-13-16)23-14-19-2-1-11-27-19/h12-13,17-19,26H,1-11,14-15H2,(H,21,22,23)/t19-/m0/s1. The van der Waals surface area contributed by atoms with Gasteiger partial charge in [0.2, 0.25) is 5.95 Å². The number of aliphatic hydroxyl groups excluding tert-OH is 1. The van der Waals surface area contributed by atoms with Gasteiger partial charge in [0.25, 0.3) is 0 Å². The first-order valence-corrected chi connectivity index (χ1v) is 10.6. The molecule has 150 valence electrons. The predicted molar refractivity (Wildman–Crippen MR) is 105 cm³/mol. The van der Waals surface area contributed by atoms with Crippen molar-refractivity contribution >= 4 is 5.95 Å². The van der Waals surface area contributed by atoms with Crippen molar-refractivity contribution in [3.05, 3.63) is 18.0 Å². The number of nitrogens with one attached hydrogen (secondary N) is 1. The zero-order valence-corrected chi connectivity index (χ0v) is 16.2. The molecule has 0 radical (unpaired) electrons. The van der Waals surface area contributed by atoms with Gasteiger partial charge in [-0.15, -0.1) is 0 Å². The highest BCUT2D eigenvalue weighted by Gasteiger charge is 2.27. The second-order valence-corrected chi connectivity index (χ2v) is 8.21. The van der Waals surface area contributed by atoms with E-state index in [1.54, 1.807) is 0 Å². The molecule has 27 heavy (non-hydrogen) atoms. The largest absolute Gasteiger partial charge is 0.393 e. The van der Waals surface area contributed by atoms with Crippen molar-refractivity contribution < 1.29 is 9.84 Å². The van der Waals surface area contributed by atoms with Crippen LogP contribution < -0.4 is 5.32 Å². The fourth-order valence-corrected chi connectivity index (χ4v) is 4.49. The van der Waals surface area contributed by atoms with Crippen LogP contribution in [0.3, 0.4) is 0 Å². The molecule has 0 saturated carbocycles. The lowest BCUT2D eigenvalue weighted by Crippen LogP contribution is -2.48. The maximum atomic E-state index is 9.68. The molecule has 1 atom stereocenters. The lowest BCUT2D eigenvalue weighted by atomic mass is 9.99. The Labute approximate surface area is 162 Å². The average molecular weight is 376 g/mol. The Morgan fingerprint density at radius 1 is 1.04 bits per heavy atom. The molecule has 4 rings (SSSR count). The van der Waals surface area contributed by atoms with Crippen molar-refractivity contribution in [2.75, 3.05) is 44.6 Å². The number of piperidine rings is 2. The van der Waals surface area contributed by atoms with E-state index in [0.717, 1.165) is 71.6 Å². The molecule has 0 aromatic carbocycles. The molecular formula is C20H33N5O2. The fourth-order valence-electron chi connectivity index (χ4n) is 4.49. The van der Waals surface area contributed by atoms with Gasteiger partial charge < -0.3 is 20.1 Å². The maximum Gasteiger partial charge on any atom is 0.222 e. The second kappa shape index (κ2) is 9.28. The normalized spacial score (nSPS) is 26.5. The van der Waals surface area contributed by atoms with Crippen LogP contribution >= 0.6 is 0 Å². The molecule has 0 unspecified atom stereocenters. The topological polar surface area (TPSA) is 73.8 Å². The Kier molecular flexibility index (Phi) is 6.55. The summed E-state index contributed by atoms with van der Waals surface area (Å²) < 4.78 is 5.62. The minimum absolute atomic E-state index is 0.0792. The summed E-state index contributed by atoms with van der Waals surface area (Å²) in [7, 11) is 0. The van der Waals surface area contributed by atoms with Crippen LogP contribution in [0.15, 0.2) is 12.4 Å². The summed E-state index contributed by atoms with van der Waals surface area (Å²) >= 11 is 0. The number of nitrogens with zero attached hydrogens (tertiary/aromatic N) is 4. The SMILES string of the molecule is OC1CCN(C2CCN(Cc3cnc(NC[C@@H]4CCCO4)nc3)CC2)CC1. The molecule has 3 saturated heterocycles. The van der Waals surface area contributed by atoms with E-state index in [2.05, 4.69) is 25.1 Å². The van der Waals surface area contributed by atoms with E-state index in [-0.39, 0.29) is 6.10 Å². The number of ether oxygens (including phenoxy) is 1. The molecule has 3 aliphatic rings. The molecule has 1 aromatic heterocycles. The Balaban J connectivity index is 1.18. The molecule has 0 bridgehead atoms. The molecule has 3 aliphatic heterocycles. The Hall–Kier alpha value is -1.28. The van der Waals surface area contributed by atoms with E-state index in [1.165, 1.54) is 18.4 Å². The van der Waals surface area contributed by atoms with Gasteiger partial charge in [0.1, 0.15) is 0 Å². The summed E-state index contributed by atoms with van der Waals surface area (Å²) in [4.78, 5) is 14.0. The Morgan fingerprint density at radius 3 is 2.44 bits per heavy atom. The van der Waals surface area contributed by atoms with Gasteiger partial charge in [-0.1, -0.05) is 0 Å². The Morgan fingerprint density at radius 2 is 1.78 bits per heavy atom. The third kappa shape index (κ3) is 5.38. The summed E-state index contributed by atoms with van der Waals surface area (Å²) in [6.07, 6.45) is 10.7. The van der Waals surface area contributed by atoms with Crippen LogP contribution in [0.4, 0.5) is 5.95 Å². The van der Waals surface area contributed by atoms with E-state index in [1.807, 2.05) is 12.4 Å². The van der Waals surface area contributed by atoms with E-state index in [0.29, 0.717) is 18.1 Å². The van der Waals surface area contributed by atoms with Gasteiger partial charge in [0.05, 0.1) is 12.2 Å². The van der Waals surface area contributed by atoms with Crippen molar-refractivity contribution in [1.29, 1.82) is 0 Å². The molecular weight excluding hydrogens is 342 g/mol. The van der Waals surface area contributed by atoms with Crippen LogP contribution in [0, 0.1) is 0 Å². The van der Waals surface area contributed by atoms with Crippen LogP contribution in [0.5, 0.6) is 0 Å². The molecule has 3 fully saturated rings. The van der Waals surface area contributed by atoms with Gasteiger partial charge >= 0.3 is 0 Å². The van der Waals surface area contributed by atoms with Crippen LogP contribution in [-0.2, 0) is 11.3 Å². The predicted octanol–water partition coefficient (Wildman–Crippen LogP) is 1.49. The summed E-state index contributed by atoms with van der Waals surface area (Å²) in [5, 5.41) is 13.0. The first-order valence-electron chi connectivity index (χ1n) is 10.6. The summed E-state index contributed by atoms with van der Waals surface area (Å²) in [5.41, 5.74) is 1.18. The molecule has 4 heterocycles.